The number of aryl methyl sites for hydroxylation is 2. The van der Waals surface area contributed by atoms with Gasteiger partial charge in [0.15, 0.2) is 5.29 Å². The molecule has 1 aromatic heterocycles. The molecule has 0 amide bonds. The van der Waals surface area contributed by atoms with E-state index in [0.717, 1.165) is 28.5 Å². The highest BCUT2D eigenvalue weighted by Gasteiger charge is 2.06. The minimum atomic E-state index is 0.169. The first kappa shape index (κ1) is 16.5. The van der Waals surface area contributed by atoms with E-state index < -0.39 is 0 Å². The van der Waals surface area contributed by atoms with Crippen LogP contribution in [0.5, 0.6) is 0 Å². The summed E-state index contributed by atoms with van der Waals surface area (Å²) >= 11 is 11.7. The Balaban J connectivity index is 1.78. The van der Waals surface area contributed by atoms with Crippen LogP contribution in [0.2, 0.25) is 0 Å². The molecule has 8 heteroatoms. The number of aliphatic imine (C=N–C) groups is 2. The molecule has 3 rings (SSSR count). The number of nitrogens with zero attached hydrogens (tertiary/aromatic N) is 4. The zero-order valence-corrected chi connectivity index (χ0v) is 14.7. The molecule has 2 aromatic rings. The lowest BCUT2D eigenvalue weighted by molar-refractivity contribution is 0.834. The number of hydrogen-bond acceptors (Lipinski definition) is 5. The summed E-state index contributed by atoms with van der Waals surface area (Å²) in [6, 6.07) is 9.99. The number of anilines is 1. The maximum absolute atomic E-state index is 5.87. The van der Waals surface area contributed by atoms with Crippen LogP contribution in [-0.2, 0) is 0 Å². The molecular formula is C16H16Cl2N6. The lowest BCUT2D eigenvalue weighted by Crippen LogP contribution is -2.24. The molecule has 0 bridgehead atoms. The van der Waals surface area contributed by atoms with Crippen molar-refractivity contribution < 1.29 is 0 Å². The number of aromatic nitrogens is 2. The molecule has 6 nitrogen and oxygen atoms in total. The van der Waals surface area contributed by atoms with Gasteiger partial charge in [0.25, 0.3) is 0 Å². The van der Waals surface area contributed by atoms with E-state index in [2.05, 4.69) is 25.7 Å². The van der Waals surface area contributed by atoms with Crippen molar-refractivity contribution >= 4 is 39.5 Å². The summed E-state index contributed by atoms with van der Waals surface area (Å²) in [5.41, 5.74) is 4.79. The smallest absolute Gasteiger partial charge is 0.202 e. The van der Waals surface area contributed by atoms with E-state index in [1.807, 2.05) is 48.9 Å². The summed E-state index contributed by atoms with van der Waals surface area (Å²) in [6.07, 6.45) is 1.62. The molecule has 0 saturated heterocycles. The van der Waals surface area contributed by atoms with Crippen LogP contribution in [0.25, 0.3) is 5.69 Å². The van der Waals surface area contributed by atoms with Gasteiger partial charge in [0.1, 0.15) is 0 Å². The second-order valence-electron chi connectivity index (χ2n) is 5.32. The Kier molecular flexibility index (Phi) is 4.87. The van der Waals surface area contributed by atoms with Gasteiger partial charge >= 0.3 is 0 Å². The molecule has 0 fully saturated rings. The highest BCUT2D eigenvalue weighted by atomic mass is 35.5. The molecule has 124 valence electrons. The number of rotatable bonds is 3. The molecule has 2 heterocycles. The number of benzene rings is 1. The molecular weight excluding hydrogens is 347 g/mol. The summed E-state index contributed by atoms with van der Waals surface area (Å²) in [4.78, 5) is 8.21. The van der Waals surface area contributed by atoms with Crippen molar-refractivity contribution in [2.24, 2.45) is 9.98 Å². The molecule has 24 heavy (non-hydrogen) atoms. The first-order valence-electron chi connectivity index (χ1n) is 7.31. The molecule has 0 unspecified atom stereocenters. The minimum Gasteiger partial charge on any atom is -0.356 e. The third-order valence-corrected chi connectivity index (χ3v) is 3.76. The highest BCUT2D eigenvalue weighted by Crippen LogP contribution is 2.17. The van der Waals surface area contributed by atoms with Crippen LogP contribution >= 0.6 is 23.2 Å². The molecule has 0 spiro atoms. The van der Waals surface area contributed by atoms with E-state index in [1.54, 1.807) is 6.20 Å². The van der Waals surface area contributed by atoms with Crippen molar-refractivity contribution in [3.63, 3.8) is 0 Å². The van der Waals surface area contributed by atoms with Crippen molar-refractivity contribution in [2.45, 2.75) is 13.8 Å². The van der Waals surface area contributed by atoms with Crippen LogP contribution < -0.4 is 10.6 Å². The standard InChI is InChI=1S/C16H16Cl2N6/c1-10-7-11(2)24(23-10)14-5-3-12(4-6-14)21-13-8-19-15(17)22-16(18)20-9-13/h3-8,21H,9H2,1-2H3,(H,19,20,22)/b13-8+. The van der Waals surface area contributed by atoms with Gasteiger partial charge in [-0.2, -0.15) is 5.10 Å². The van der Waals surface area contributed by atoms with Gasteiger partial charge in [-0.3, -0.25) is 4.99 Å². The van der Waals surface area contributed by atoms with Crippen LogP contribution in [0.15, 0.2) is 52.2 Å². The van der Waals surface area contributed by atoms with E-state index in [9.17, 15) is 0 Å². The Labute approximate surface area is 149 Å². The number of nitrogens with one attached hydrogen (secondary N) is 2. The highest BCUT2D eigenvalue weighted by molar-refractivity contribution is 6.73. The Morgan fingerprint density at radius 2 is 1.88 bits per heavy atom. The summed E-state index contributed by atoms with van der Waals surface area (Å²) in [5, 5.41) is 10.8. The largest absolute Gasteiger partial charge is 0.356 e. The molecule has 0 atom stereocenters. The maximum Gasteiger partial charge on any atom is 0.202 e. The van der Waals surface area contributed by atoms with Gasteiger partial charge < -0.3 is 10.6 Å². The normalized spacial score (nSPS) is 16.9. The second kappa shape index (κ2) is 7.07. The molecule has 1 aliphatic rings. The van der Waals surface area contributed by atoms with E-state index in [4.69, 9.17) is 23.2 Å². The lowest BCUT2D eigenvalue weighted by atomic mass is 10.2. The van der Waals surface area contributed by atoms with Crippen LogP contribution in [0.4, 0.5) is 5.69 Å². The van der Waals surface area contributed by atoms with Crippen molar-refractivity contribution in [3.8, 4) is 5.69 Å². The molecule has 1 aromatic carbocycles. The number of hydrogen-bond donors (Lipinski definition) is 2. The summed E-state index contributed by atoms with van der Waals surface area (Å²) in [6.45, 7) is 4.38. The van der Waals surface area contributed by atoms with E-state index in [-0.39, 0.29) is 10.6 Å². The van der Waals surface area contributed by atoms with E-state index in [0.29, 0.717) is 6.54 Å². The Morgan fingerprint density at radius 1 is 1.12 bits per heavy atom. The third kappa shape index (κ3) is 3.96. The first-order chi connectivity index (χ1) is 11.5. The summed E-state index contributed by atoms with van der Waals surface area (Å²) < 4.78 is 1.91. The topological polar surface area (TPSA) is 66.6 Å². The van der Waals surface area contributed by atoms with Gasteiger partial charge in [-0.1, -0.05) is 0 Å². The van der Waals surface area contributed by atoms with Gasteiger partial charge in [0.2, 0.25) is 5.29 Å². The second-order valence-corrected chi connectivity index (χ2v) is 6.03. The monoisotopic (exact) mass is 362 g/mol. The fourth-order valence-electron chi connectivity index (χ4n) is 2.32. The molecule has 0 saturated carbocycles. The van der Waals surface area contributed by atoms with Crippen LogP contribution in [0.3, 0.4) is 0 Å². The van der Waals surface area contributed by atoms with Gasteiger partial charge in [-0.15, -0.1) is 0 Å². The zero-order valence-electron chi connectivity index (χ0n) is 13.2. The average molecular weight is 363 g/mol. The maximum atomic E-state index is 5.87. The zero-order chi connectivity index (χ0) is 17.1. The summed E-state index contributed by atoms with van der Waals surface area (Å²) in [5.74, 6) is 0. The van der Waals surface area contributed by atoms with Crippen LogP contribution in [0, 0.1) is 13.8 Å². The predicted octanol–water partition coefficient (Wildman–Crippen LogP) is 3.54. The Bertz CT molecular complexity index is 833. The van der Waals surface area contributed by atoms with Gasteiger partial charge in [-0.25, -0.2) is 9.67 Å². The fourth-order valence-corrected chi connectivity index (χ4v) is 2.66. The fraction of sp³-hybridized carbons (Fsp3) is 0.188. The van der Waals surface area contributed by atoms with Gasteiger partial charge in [-0.05, 0) is 67.4 Å². The summed E-state index contributed by atoms with van der Waals surface area (Å²) in [7, 11) is 0. The van der Waals surface area contributed by atoms with Crippen LogP contribution in [-0.4, -0.2) is 26.9 Å². The molecule has 0 aliphatic carbocycles. The first-order valence-corrected chi connectivity index (χ1v) is 8.07. The third-order valence-electron chi connectivity index (χ3n) is 3.35. The average Bonchev–Trinajstić information content (AvgIpc) is 2.88. The Hall–Kier alpha value is -2.31. The lowest BCUT2D eigenvalue weighted by Gasteiger charge is -2.12. The molecule has 1 aliphatic heterocycles. The van der Waals surface area contributed by atoms with Crippen LogP contribution in [0.1, 0.15) is 11.4 Å². The van der Waals surface area contributed by atoms with Gasteiger partial charge in [0, 0.05) is 11.4 Å². The van der Waals surface area contributed by atoms with E-state index in [1.165, 1.54) is 0 Å². The number of amidine groups is 2. The van der Waals surface area contributed by atoms with Crippen molar-refractivity contribution in [1.82, 2.24) is 15.1 Å². The predicted molar refractivity (Wildman–Crippen MR) is 99.3 cm³/mol. The van der Waals surface area contributed by atoms with Crippen molar-refractivity contribution in [1.29, 1.82) is 0 Å². The van der Waals surface area contributed by atoms with Gasteiger partial charge in [0.05, 0.1) is 29.8 Å². The number of halogens is 2. The minimum absolute atomic E-state index is 0.169. The molecule has 0 radical (unpaired) electrons. The van der Waals surface area contributed by atoms with E-state index >= 15 is 0 Å². The molecule has 2 N–H and O–H groups in total. The van der Waals surface area contributed by atoms with Crippen molar-refractivity contribution in [2.75, 3.05) is 11.9 Å². The Morgan fingerprint density at radius 3 is 2.54 bits per heavy atom. The van der Waals surface area contributed by atoms with Crippen molar-refractivity contribution in [3.05, 3.63) is 53.6 Å². The quantitative estimate of drug-likeness (QED) is 0.820. The SMILES string of the molecule is Cc1cc(C)n(-c2ccc(N/C3=C/N=C(Cl)NC(Cl)=NC3)cc2)n1.